The molecule has 1 aliphatic heterocycles. The van der Waals surface area contributed by atoms with Crippen LogP contribution in [0.25, 0.3) is 0 Å². The third-order valence-electron chi connectivity index (χ3n) is 3.14. The Balaban J connectivity index is 2.59. The number of nitriles is 1. The van der Waals surface area contributed by atoms with Crippen LogP contribution in [0.1, 0.15) is 40.0 Å². The molecule has 1 amide bonds. The number of rotatable bonds is 2. The Morgan fingerprint density at radius 1 is 1.53 bits per heavy atom. The van der Waals surface area contributed by atoms with Gasteiger partial charge in [-0.3, -0.25) is 4.79 Å². The lowest BCUT2D eigenvalue weighted by Crippen LogP contribution is -2.34. The van der Waals surface area contributed by atoms with Crippen molar-refractivity contribution in [1.82, 2.24) is 4.90 Å². The lowest BCUT2D eigenvalue weighted by atomic mass is 9.85. The Morgan fingerprint density at radius 3 is 2.80 bits per heavy atom. The first-order chi connectivity index (χ1) is 6.94. The molecule has 1 heterocycles. The Bertz CT molecular complexity index is 278. The van der Waals surface area contributed by atoms with Crippen molar-refractivity contribution in [2.24, 2.45) is 11.3 Å². The van der Waals surface area contributed by atoms with Crippen molar-refractivity contribution in [3.63, 3.8) is 0 Å². The average molecular weight is 208 g/mol. The van der Waals surface area contributed by atoms with Gasteiger partial charge in [0.1, 0.15) is 0 Å². The molecule has 0 aliphatic carbocycles. The van der Waals surface area contributed by atoms with Crippen molar-refractivity contribution in [1.29, 1.82) is 5.26 Å². The molecule has 1 atom stereocenters. The van der Waals surface area contributed by atoms with Crippen molar-refractivity contribution in [3.8, 4) is 6.07 Å². The Labute approximate surface area is 92.1 Å². The van der Waals surface area contributed by atoms with Crippen molar-refractivity contribution < 1.29 is 4.79 Å². The third kappa shape index (κ3) is 3.54. The highest BCUT2D eigenvalue weighted by atomic mass is 16.2. The molecule has 1 rings (SSSR count). The number of hydrogen-bond acceptors (Lipinski definition) is 2. The molecule has 3 nitrogen and oxygen atoms in total. The van der Waals surface area contributed by atoms with Gasteiger partial charge in [-0.05, 0) is 25.2 Å². The van der Waals surface area contributed by atoms with Crippen molar-refractivity contribution in [3.05, 3.63) is 0 Å². The molecule has 1 aliphatic rings. The van der Waals surface area contributed by atoms with E-state index in [4.69, 9.17) is 5.26 Å². The summed E-state index contributed by atoms with van der Waals surface area (Å²) in [6.45, 7) is 7.67. The highest BCUT2D eigenvalue weighted by Crippen LogP contribution is 2.30. The van der Waals surface area contributed by atoms with E-state index in [0.29, 0.717) is 13.0 Å². The van der Waals surface area contributed by atoms with Crippen LogP contribution in [0.3, 0.4) is 0 Å². The molecule has 1 unspecified atom stereocenters. The molecule has 0 N–H and O–H groups in total. The van der Waals surface area contributed by atoms with Gasteiger partial charge in [-0.15, -0.1) is 0 Å². The van der Waals surface area contributed by atoms with Crippen LogP contribution in [0.15, 0.2) is 0 Å². The van der Waals surface area contributed by atoms with Gasteiger partial charge in [-0.1, -0.05) is 13.8 Å². The number of amides is 1. The van der Waals surface area contributed by atoms with E-state index in [0.717, 1.165) is 19.4 Å². The van der Waals surface area contributed by atoms with E-state index in [1.54, 1.807) is 0 Å². The molecule has 15 heavy (non-hydrogen) atoms. The number of hydrogen-bond donors (Lipinski definition) is 0. The molecule has 1 saturated heterocycles. The minimum absolute atomic E-state index is 0.0600. The van der Waals surface area contributed by atoms with Crippen LogP contribution < -0.4 is 0 Å². The van der Waals surface area contributed by atoms with Crippen LogP contribution in [0, 0.1) is 22.7 Å². The fraction of sp³-hybridized carbons (Fsp3) is 0.833. The van der Waals surface area contributed by atoms with E-state index in [2.05, 4.69) is 19.9 Å². The second-order valence-electron chi connectivity index (χ2n) is 5.28. The summed E-state index contributed by atoms with van der Waals surface area (Å²) in [7, 11) is 0. The lowest BCUT2D eigenvalue weighted by Gasteiger charge is -2.24. The van der Waals surface area contributed by atoms with E-state index >= 15 is 0 Å². The molecule has 84 valence electrons. The smallest absolute Gasteiger partial charge is 0.222 e. The summed E-state index contributed by atoms with van der Waals surface area (Å²) in [4.78, 5) is 13.6. The number of likely N-dealkylation sites (tertiary alicyclic amines) is 1. The topological polar surface area (TPSA) is 44.1 Å². The van der Waals surface area contributed by atoms with Crippen molar-refractivity contribution in [2.45, 2.75) is 40.0 Å². The molecule has 0 aromatic carbocycles. The summed E-state index contributed by atoms with van der Waals surface area (Å²) in [6.07, 6.45) is 2.63. The van der Waals surface area contributed by atoms with E-state index in [-0.39, 0.29) is 17.2 Å². The van der Waals surface area contributed by atoms with Gasteiger partial charge >= 0.3 is 0 Å². The fourth-order valence-corrected chi connectivity index (χ4v) is 1.86. The van der Waals surface area contributed by atoms with Gasteiger partial charge < -0.3 is 4.90 Å². The van der Waals surface area contributed by atoms with Crippen LogP contribution in [-0.2, 0) is 4.79 Å². The summed E-state index contributed by atoms with van der Waals surface area (Å²) in [6, 6.07) is 2.18. The highest BCUT2D eigenvalue weighted by Gasteiger charge is 2.27. The average Bonchev–Trinajstić information content (AvgIpc) is 2.31. The zero-order valence-electron chi connectivity index (χ0n) is 9.92. The maximum Gasteiger partial charge on any atom is 0.222 e. The van der Waals surface area contributed by atoms with Gasteiger partial charge in [0.2, 0.25) is 5.91 Å². The Hall–Kier alpha value is -1.04. The Morgan fingerprint density at radius 2 is 2.20 bits per heavy atom. The first kappa shape index (κ1) is 12.0. The SMILES string of the molecule is CC(C#N)CN1CCC(C)(C)CCC1=O. The largest absolute Gasteiger partial charge is 0.341 e. The summed E-state index contributed by atoms with van der Waals surface area (Å²) >= 11 is 0. The summed E-state index contributed by atoms with van der Waals surface area (Å²) in [5.41, 5.74) is 0.264. The first-order valence-corrected chi connectivity index (χ1v) is 5.62. The summed E-state index contributed by atoms with van der Waals surface area (Å²) in [5, 5.41) is 8.74. The molecule has 0 spiro atoms. The first-order valence-electron chi connectivity index (χ1n) is 5.62. The van der Waals surface area contributed by atoms with Gasteiger partial charge in [-0.2, -0.15) is 5.26 Å². The minimum atomic E-state index is -0.0600. The highest BCUT2D eigenvalue weighted by molar-refractivity contribution is 5.76. The predicted octanol–water partition coefficient (Wildman–Crippen LogP) is 2.18. The third-order valence-corrected chi connectivity index (χ3v) is 3.14. The molecule has 0 bridgehead atoms. The molecule has 1 fully saturated rings. The molecule has 0 aromatic heterocycles. The lowest BCUT2D eigenvalue weighted by molar-refractivity contribution is -0.131. The van der Waals surface area contributed by atoms with Crippen LogP contribution in [-0.4, -0.2) is 23.9 Å². The van der Waals surface area contributed by atoms with Gasteiger partial charge in [0, 0.05) is 19.5 Å². The Kier molecular flexibility index (Phi) is 3.73. The van der Waals surface area contributed by atoms with E-state index in [1.165, 1.54) is 0 Å². The molecular weight excluding hydrogens is 188 g/mol. The number of carbonyl (C=O) groups excluding carboxylic acids is 1. The molecular formula is C12H20N2O. The van der Waals surface area contributed by atoms with E-state index < -0.39 is 0 Å². The van der Waals surface area contributed by atoms with Gasteiger partial charge in [0.25, 0.3) is 0 Å². The van der Waals surface area contributed by atoms with Crippen LogP contribution in [0.2, 0.25) is 0 Å². The van der Waals surface area contributed by atoms with Crippen LogP contribution >= 0.6 is 0 Å². The molecule has 3 heteroatoms. The van der Waals surface area contributed by atoms with Gasteiger partial charge in [0.05, 0.1) is 12.0 Å². The standard InChI is InChI=1S/C12H20N2O/c1-10(8-13)9-14-7-6-12(2,3)5-4-11(14)15/h10H,4-7,9H2,1-3H3. The summed E-state index contributed by atoms with van der Waals surface area (Å²) in [5.74, 6) is 0.151. The predicted molar refractivity (Wildman–Crippen MR) is 59.0 cm³/mol. The normalized spacial score (nSPS) is 23.1. The zero-order valence-corrected chi connectivity index (χ0v) is 9.92. The number of carbonyl (C=O) groups is 1. The molecule has 0 saturated carbocycles. The van der Waals surface area contributed by atoms with Crippen LogP contribution in [0.4, 0.5) is 0 Å². The maximum absolute atomic E-state index is 11.8. The second-order valence-corrected chi connectivity index (χ2v) is 5.28. The summed E-state index contributed by atoms with van der Waals surface area (Å²) < 4.78 is 0. The van der Waals surface area contributed by atoms with E-state index in [1.807, 2.05) is 11.8 Å². The monoisotopic (exact) mass is 208 g/mol. The van der Waals surface area contributed by atoms with Gasteiger partial charge in [-0.25, -0.2) is 0 Å². The van der Waals surface area contributed by atoms with Gasteiger partial charge in [0.15, 0.2) is 0 Å². The molecule has 0 aromatic rings. The second kappa shape index (κ2) is 4.65. The van der Waals surface area contributed by atoms with Crippen molar-refractivity contribution >= 4 is 5.91 Å². The van der Waals surface area contributed by atoms with Crippen molar-refractivity contribution in [2.75, 3.05) is 13.1 Å². The van der Waals surface area contributed by atoms with Crippen LogP contribution in [0.5, 0.6) is 0 Å². The fourth-order valence-electron chi connectivity index (χ4n) is 1.86. The number of nitrogens with zero attached hydrogens (tertiary/aromatic N) is 2. The maximum atomic E-state index is 11.8. The zero-order chi connectivity index (χ0) is 11.5. The van der Waals surface area contributed by atoms with E-state index in [9.17, 15) is 4.79 Å². The minimum Gasteiger partial charge on any atom is -0.341 e. The molecule has 0 radical (unpaired) electrons. The quantitative estimate of drug-likeness (QED) is 0.698.